The van der Waals surface area contributed by atoms with Crippen molar-refractivity contribution < 1.29 is 57.4 Å². The average molecular weight is 963 g/mol. The van der Waals surface area contributed by atoms with Gasteiger partial charge in [-0.2, -0.15) is 0 Å². The topological polar surface area (TPSA) is 285 Å². The van der Waals surface area contributed by atoms with E-state index in [1.165, 1.54) is 71.4 Å². The lowest BCUT2D eigenvalue weighted by Gasteiger charge is -2.35. The number of cyclic esters (lactones) is 2. The molecule has 4 aliphatic heterocycles. The van der Waals surface area contributed by atoms with Crippen LogP contribution >= 0.6 is 0 Å². The zero-order valence-corrected chi connectivity index (χ0v) is 42.5. The van der Waals surface area contributed by atoms with Crippen LogP contribution < -0.4 is 22.1 Å². The van der Waals surface area contributed by atoms with E-state index in [9.17, 15) is 47.9 Å². The van der Waals surface area contributed by atoms with Crippen molar-refractivity contribution in [1.82, 2.24) is 40.0 Å². The van der Waals surface area contributed by atoms with Crippen LogP contribution in [-0.4, -0.2) is 204 Å². The van der Waals surface area contributed by atoms with Crippen LogP contribution in [0.1, 0.15) is 94.9 Å². The van der Waals surface area contributed by atoms with Gasteiger partial charge < -0.3 is 61.0 Å². The SMILES string of the molecule is CC(C)[C@H]1C(=O)O[C@H](C)[C@H](N)C(=O)N[C@H](C(C)C)C(=O)N2CCC[C@H]2C(=O)N(C)CC(=O)N1C.CC(C)[C@H]1C(=O)O[C@H](C)[C@H](N)C(=O)N[C@H](C(C)C)C(=O)N2CCC[C@H]2C(=O)N(C)CC(=O)N1C. The van der Waals surface area contributed by atoms with Crippen molar-refractivity contribution in [3.05, 3.63) is 0 Å². The number of hydrogen-bond donors (Lipinski definition) is 4. The third kappa shape index (κ3) is 13.4. The molecule has 4 saturated heterocycles. The molecule has 384 valence electrons. The Morgan fingerprint density at radius 3 is 1.09 bits per heavy atom. The summed E-state index contributed by atoms with van der Waals surface area (Å²) in [5.41, 5.74) is 12.1. The number of nitrogens with one attached hydrogen (secondary N) is 2. The standard InChI is InChI=1S/2C23H39N5O6/c2*1-12(2)18-22(32)28-10-8-9-15(28)21(31)26(6)11-16(29)27(7)19(13(3)4)23(33)34-14(5)17(24)20(30)25-18/h2*12-15,17-19H,8-11,24H2,1-7H3,(H,25,30)/t2*14-,15+,17+,18-,19+/m11/s1. The highest BCUT2D eigenvalue weighted by molar-refractivity contribution is 5.97. The van der Waals surface area contributed by atoms with Crippen LogP contribution in [0.15, 0.2) is 0 Å². The maximum absolute atomic E-state index is 13.4. The van der Waals surface area contributed by atoms with Crippen LogP contribution in [0.4, 0.5) is 0 Å². The molecule has 4 rings (SSSR count). The first-order valence-corrected chi connectivity index (χ1v) is 23.7. The minimum Gasteiger partial charge on any atom is -0.459 e. The highest BCUT2D eigenvalue weighted by Gasteiger charge is 2.44. The van der Waals surface area contributed by atoms with Crippen LogP contribution in [0.25, 0.3) is 0 Å². The van der Waals surface area contributed by atoms with Crippen molar-refractivity contribution in [2.45, 2.75) is 155 Å². The molecule has 0 spiro atoms. The summed E-state index contributed by atoms with van der Waals surface area (Å²) in [6.45, 7) is 17.5. The minimum absolute atomic E-state index is 0.246. The molecule has 0 aromatic rings. The van der Waals surface area contributed by atoms with Crippen molar-refractivity contribution in [1.29, 1.82) is 0 Å². The number of nitrogens with two attached hydrogens (primary N) is 2. The molecule has 4 heterocycles. The predicted molar refractivity (Wildman–Crippen MR) is 248 cm³/mol. The van der Waals surface area contributed by atoms with Crippen molar-refractivity contribution in [3.63, 3.8) is 0 Å². The molecule has 0 aromatic carbocycles. The molecule has 22 nitrogen and oxygen atoms in total. The fourth-order valence-corrected chi connectivity index (χ4v) is 8.90. The number of esters is 2. The van der Waals surface area contributed by atoms with Gasteiger partial charge in [-0.15, -0.1) is 0 Å². The Morgan fingerprint density at radius 1 is 0.500 bits per heavy atom. The first kappa shape index (κ1) is 56.9. The molecular formula is C46H78N10O12. The monoisotopic (exact) mass is 963 g/mol. The van der Waals surface area contributed by atoms with E-state index in [1.807, 2.05) is 0 Å². The molecule has 0 aromatic heterocycles. The lowest BCUT2D eigenvalue weighted by Crippen LogP contribution is -2.60. The van der Waals surface area contributed by atoms with Crippen molar-refractivity contribution >= 4 is 59.2 Å². The zero-order chi connectivity index (χ0) is 51.8. The number of fused-ring (bicyclic) bond motifs is 2. The molecule has 8 amide bonds. The third-order valence-corrected chi connectivity index (χ3v) is 13.2. The second-order valence-electron chi connectivity index (χ2n) is 20.0. The normalized spacial score (nSPS) is 30.7. The van der Waals surface area contributed by atoms with E-state index in [4.69, 9.17) is 20.9 Å². The number of carbonyl (C=O) groups excluding carboxylic acids is 10. The highest BCUT2D eigenvalue weighted by atomic mass is 16.6. The number of likely N-dealkylation sites (N-methyl/N-ethyl adjacent to an activating group) is 4. The molecule has 0 aliphatic carbocycles. The van der Waals surface area contributed by atoms with E-state index in [0.29, 0.717) is 38.8 Å². The summed E-state index contributed by atoms with van der Waals surface area (Å²) in [5.74, 6) is -6.11. The third-order valence-electron chi connectivity index (χ3n) is 13.2. The lowest BCUT2D eigenvalue weighted by atomic mass is 10.0. The Balaban J connectivity index is 0.000000360. The summed E-state index contributed by atoms with van der Waals surface area (Å²) < 4.78 is 10.9. The summed E-state index contributed by atoms with van der Waals surface area (Å²) in [5, 5.41) is 5.39. The maximum Gasteiger partial charge on any atom is 0.329 e. The fourth-order valence-electron chi connectivity index (χ4n) is 8.90. The first-order valence-electron chi connectivity index (χ1n) is 23.7. The molecular weight excluding hydrogens is 885 g/mol. The van der Waals surface area contributed by atoms with Crippen LogP contribution in [-0.2, 0) is 57.4 Å². The van der Waals surface area contributed by atoms with Gasteiger partial charge in [-0.1, -0.05) is 55.4 Å². The molecule has 22 heteroatoms. The Bertz CT molecular complexity index is 1760. The fraction of sp³-hybridized carbons (Fsp3) is 0.783. The van der Waals surface area contributed by atoms with Gasteiger partial charge in [-0.05, 0) is 63.2 Å². The van der Waals surface area contributed by atoms with Crippen LogP contribution in [0.2, 0.25) is 0 Å². The average Bonchev–Trinajstić information content (AvgIpc) is 3.96. The summed E-state index contributed by atoms with van der Waals surface area (Å²) in [6.07, 6.45) is 0.229. The number of carbonyl (C=O) groups is 10. The van der Waals surface area contributed by atoms with Gasteiger partial charge in [0, 0.05) is 41.3 Å². The molecule has 0 radical (unpaired) electrons. The van der Waals surface area contributed by atoms with Crippen LogP contribution in [0.5, 0.6) is 0 Å². The van der Waals surface area contributed by atoms with E-state index >= 15 is 0 Å². The quantitative estimate of drug-likeness (QED) is 0.238. The summed E-state index contributed by atoms with van der Waals surface area (Å²) in [6, 6.07) is -7.53. The second kappa shape index (κ2) is 24.3. The summed E-state index contributed by atoms with van der Waals surface area (Å²) in [7, 11) is 5.96. The Kier molecular flexibility index (Phi) is 20.3. The first-order chi connectivity index (χ1) is 31.5. The smallest absolute Gasteiger partial charge is 0.329 e. The van der Waals surface area contributed by atoms with Crippen molar-refractivity contribution in [2.24, 2.45) is 35.1 Å². The van der Waals surface area contributed by atoms with Gasteiger partial charge in [0.2, 0.25) is 47.3 Å². The Hall–Kier alpha value is -5.38. The van der Waals surface area contributed by atoms with E-state index in [1.54, 1.807) is 55.4 Å². The summed E-state index contributed by atoms with van der Waals surface area (Å²) >= 11 is 0. The predicted octanol–water partition coefficient (Wildman–Crippen LogP) is -1.34. The molecule has 0 bridgehead atoms. The Morgan fingerprint density at radius 2 is 0.809 bits per heavy atom. The van der Waals surface area contributed by atoms with Gasteiger partial charge in [0.1, 0.15) is 60.5 Å². The van der Waals surface area contributed by atoms with Crippen molar-refractivity contribution in [2.75, 3.05) is 54.4 Å². The van der Waals surface area contributed by atoms with Crippen molar-refractivity contribution in [3.8, 4) is 0 Å². The number of nitrogens with zero attached hydrogens (tertiary/aromatic N) is 6. The largest absolute Gasteiger partial charge is 0.459 e. The number of hydrogen-bond acceptors (Lipinski definition) is 14. The molecule has 0 unspecified atom stereocenters. The molecule has 4 fully saturated rings. The van der Waals surface area contributed by atoms with Crippen LogP contribution in [0, 0.1) is 23.7 Å². The summed E-state index contributed by atoms with van der Waals surface area (Å²) in [4.78, 5) is 139. The van der Waals surface area contributed by atoms with E-state index in [2.05, 4.69) is 10.6 Å². The zero-order valence-electron chi connectivity index (χ0n) is 42.5. The highest BCUT2D eigenvalue weighted by Crippen LogP contribution is 2.25. The molecule has 4 aliphatic rings. The van der Waals surface area contributed by atoms with E-state index in [-0.39, 0.29) is 60.4 Å². The van der Waals surface area contributed by atoms with E-state index in [0.717, 1.165) is 0 Å². The van der Waals surface area contributed by atoms with Gasteiger partial charge in [0.25, 0.3) is 0 Å². The number of ether oxygens (including phenoxy) is 2. The molecule has 10 atom stereocenters. The number of amides is 8. The number of rotatable bonds is 4. The van der Waals surface area contributed by atoms with Crippen LogP contribution in [0.3, 0.4) is 0 Å². The minimum atomic E-state index is -1.22. The molecule has 0 saturated carbocycles. The van der Waals surface area contributed by atoms with Gasteiger partial charge in [-0.3, -0.25) is 38.4 Å². The van der Waals surface area contributed by atoms with Gasteiger partial charge in [0.15, 0.2) is 0 Å². The Labute approximate surface area is 400 Å². The molecule has 68 heavy (non-hydrogen) atoms. The maximum atomic E-state index is 13.4. The van der Waals surface area contributed by atoms with Gasteiger partial charge in [-0.25, -0.2) is 9.59 Å². The van der Waals surface area contributed by atoms with Gasteiger partial charge >= 0.3 is 11.9 Å². The second-order valence-corrected chi connectivity index (χ2v) is 20.0. The molecule has 6 N–H and O–H groups in total. The van der Waals surface area contributed by atoms with E-state index < -0.39 is 96.1 Å². The lowest BCUT2D eigenvalue weighted by molar-refractivity contribution is -0.163. The van der Waals surface area contributed by atoms with Gasteiger partial charge in [0.05, 0.1) is 13.1 Å².